The van der Waals surface area contributed by atoms with E-state index in [4.69, 9.17) is 9.84 Å². The maximum atomic E-state index is 13.0. The number of rotatable bonds is 7. The zero-order chi connectivity index (χ0) is 24.9. The van der Waals surface area contributed by atoms with Gasteiger partial charge in [-0.3, -0.25) is 4.79 Å². The summed E-state index contributed by atoms with van der Waals surface area (Å²) in [6.07, 6.45) is 10.3. The summed E-state index contributed by atoms with van der Waals surface area (Å²) in [5.74, 6) is -0.651. The summed E-state index contributed by atoms with van der Waals surface area (Å²) in [4.78, 5) is 28.0. The van der Waals surface area contributed by atoms with Crippen LogP contribution in [0.5, 0.6) is 0 Å². The molecule has 36 heavy (non-hydrogen) atoms. The molecule has 1 aromatic carbocycles. The number of esters is 1. The van der Waals surface area contributed by atoms with E-state index in [0.717, 1.165) is 59.5 Å². The largest absolute Gasteiger partial charge is 0.462 e. The van der Waals surface area contributed by atoms with Crippen LogP contribution >= 0.6 is 22.7 Å². The van der Waals surface area contributed by atoms with Gasteiger partial charge in [0.05, 0.1) is 22.7 Å². The highest BCUT2D eigenvalue weighted by atomic mass is 32.1. The molecule has 1 amide bonds. The number of nitrogens with zero attached hydrogens (tertiary/aromatic N) is 2. The molecule has 3 aromatic heterocycles. The fourth-order valence-corrected chi connectivity index (χ4v) is 6.41. The molecule has 1 aliphatic carbocycles. The van der Waals surface area contributed by atoms with Crippen LogP contribution in [0.2, 0.25) is 0 Å². The average Bonchev–Trinajstić information content (AvgIpc) is 3.59. The number of anilines is 1. The topological polar surface area (TPSA) is 73.2 Å². The van der Waals surface area contributed by atoms with E-state index in [1.165, 1.54) is 22.3 Å². The summed E-state index contributed by atoms with van der Waals surface area (Å²) in [5.41, 5.74) is 4.16. The number of aryl methyl sites for hydroxylation is 1. The third kappa shape index (κ3) is 5.20. The molecule has 6 nitrogen and oxygen atoms in total. The number of benzene rings is 1. The molecule has 8 heteroatoms. The van der Waals surface area contributed by atoms with Gasteiger partial charge in [-0.15, -0.1) is 22.7 Å². The third-order valence-electron chi connectivity index (χ3n) is 6.07. The molecule has 0 radical (unpaired) electrons. The molecule has 3 heterocycles. The molecular weight excluding hydrogens is 490 g/mol. The van der Waals surface area contributed by atoms with E-state index in [9.17, 15) is 9.59 Å². The molecule has 0 atom stereocenters. The minimum atomic E-state index is -0.361. The maximum Gasteiger partial charge on any atom is 0.341 e. The minimum absolute atomic E-state index is 0.290. The van der Waals surface area contributed by atoms with Crippen LogP contribution in [0.4, 0.5) is 5.00 Å². The van der Waals surface area contributed by atoms with Gasteiger partial charge < -0.3 is 10.1 Å². The Balaban J connectivity index is 1.42. The third-order valence-corrected chi connectivity index (χ3v) is 8.15. The molecule has 0 spiro atoms. The first kappa shape index (κ1) is 24.2. The molecule has 0 saturated carbocycles. The second-order valence-electron chi connectivity index (χ2n) is 8.50. The van der Waals surface area contributed by atoms with Gasteiger partial charge in [-0.05, 0) is 67.8 Å². The van der Waals surface area contributed by atoms with E-state index in [1.807, 2.05) is 58.7 Å². The van der Waals surface area contributed by atoms with E-state index in [0.29, 0.717) is 17.2 Å². The monoisotopic (exact) mass is 517 g/mol. The van der Waals surface area contributed by atoms with E-state index >= 15 is 0 Å². The highest BCUT2D eigenvalue weighted by molar-refractivity contribution is 7.17. The van der Waals surface area contributed by atoms with Gasteiger partial charge in [0.1, 0.15) is 10.7 Å². The van der Waals surface area contributed by atoms with Crippen molar-refractivity contribution in [1.29, 1.82) is 0 Å². The van der Waals surface area contributed by atoms with Crippen molar-refractivity contribution in [3.05, 3.63) is 81.7 Å². The number of aromatic nitrogens is 2. The number of ether oxygens (including phenoxy) is 1. The van der Waals surface area contributed by atoms with Crippen LogP contribution in [0.3, 0.4) is 0 Å². The highest BCUT2D eigenvalue weighted by Crippen LogP contribution is 2.38. The van der Waals surface area contributed by atoms with Crippen molar-refractivity contribution < 1.29 is 14.3 Å². The molecule has 4 aromatic rings. The summed E-state index contributed by atoms with van der Waals surface area (Å²) < 4.78 is 7.16. The Labute approximate surface area is 218 Å². The SMILES string of the molecule is CCOC(=O)c1c(NC(=O)C=Cc2cn(-c3ccccc3)nc2-c2cccs2)sc2c1CCCCC2. The zero-order valence-corrected chi connectivity index (χ0v) is 21.7. The first-order valence-corrected chi connectivity index (χ1v) is 13.8. The second-order valence-corrected chi connectivity index (χ2v) is 10.6. The van der Waals surface area contributed by atoms with Gasteiger partial charge in [-0.25, -0.2) is 9.48 Å². The lowest BCUT2D eigenvalue weighted by Gasteiger charge is -2.07. The second kappa shape index (κ2) is 11.1. The van der Waals surface area contributed by atoms with Crippen LogP contribution in [0, 0.1) is 0 Å². The molecule has 5 rings (SSSR count). The molecule has 0 bridgehead atoms. The van der Waals surface area contributed by atoms with E-state index in [-0.39, 0.29) is 11.9 Å². The van der Waals surface area contributed by atoms with Crippen LogP contribution in [0.25, 0.3) is 22.3 Å². The number of fused-ring (bicyclic) bond motifs is 1. The van der Waals surface area contributed by atoms with Crippen molar-refractivity contribution in [1.82, 2.24) is 9.78 Å². The Morgan fingerprint density at radius 3 is 2.72 bits per heavy atom. The lowest BCUT2D eigenvalue weighted by molar-refractivity contribution is -0.111. The Bertz CT molecular complexity index is 1390. The number of carbonyl (C=O) groups excluding carboxylic acids is 2. The van der Waals surface area contributed by atoms with Gasteiger partial charge >= 0.3 is 5.97 Å². The number of hydrogen-bond acceptors (Lipinski definition) is 6. The van der Waals surface area contributed by atoms with Crippen LogP contribution in [-0.2, 0) is 22.4 Å². The van der Waals surface area contributed by atoms with Crippen molar-refractivity contribution in [2.75, 3.05) is 11.9 Å². The quantitative estimate of drug-likeness (QED) is 0.167. The Hall–Kier alpha value is -3.49. The molecule has 0 saturated heterocycles. The highest BCUT2D eigenvalue weighted by Gasteiger charge is 2.26. The van der Waals surface area contributed by atoms with Crippen LogP contribution in [-0.4, -0.2) is 28.3 Å². The van der Waals surface area contributed by atoms with Crippen LogP contribution in [0.15, 0.2) is 60.1 Å². The first-order valence-electron chi connectivity index (χ1n) is 12.1. The van der Waals surface area contributed by atoms with Gasteiger partial charge in [-0.1, -0.05) is 30.7 Å². The number of hydrogen-bond donors (Lipinski definition) is 1. The van der Waals surface area contributed by atoms with Crippen LogP contribution in [0.1, 0.15) is 52.5 Å². The number of thiophene rings is 2. The molecule has 1 aliphatic rings. The fraction of sp³-hybridized carbons (Fsp3) is 0.250. The van der Waals surface area contributed by atoms with E-state index < -0.39 is 0 Å². The van der Waals surface area contributed by atoms with Crippen molar-refractivity contribution in [2.45, 2.75) is 39.0 Å². The lowest BCUT2D eigenvalue weighted by atomic mass is 10.1. The number of carbonyl (C=O) groups is 2. The summed E-state index contributed by atoms with van der Waals surface area (Å²) in [6, 6.07) is 13.9. The Morgan fingerprint density at radius 2 is 1.94 bits per heavy atom. The van der Waals surface area contributed by atoms with Gasteiger partial charge in [0.2, 0.25) is 5.91 Å². The number of para-hydroxylation sites is 1. The normalized spacial score (nSPS) is 13.4. The van der Waals surface area contributed by atoms with Crippen molar-refractivity contribution in [2.24, 2.45) is 0 Å². The Kier molecular flexibility index (Phi) is 7.44. The standard InChI is InChI=1S/C28H27N3O3S2/c1-2-34-28(33)25-21-12-7-4-8-13-22(21)36-27(25)29-24(32)16-15-19-18-31(20-10-5-3-6-11-20)30-26(19)23-14-9-17-35-23/h3,5-6,9-11,14-18H,2,4,7-8,12-13H2,1H3,(H,29,32). The molecule has 1 N–H and O–H groups in total. The summed E-state index contributed by atoms with van der Waals surface area (Å²) >= 11 is 3.10. The van der Waals surface area contributed by atoms with Gasteiger partial charge in [0.15, 0.2) is 0 Å². The minimum Gasteiger partial charge on any atom is -0.462 e. The number of amides is 1. The van der Waals surface area contributed by atoms with Crippen molar-refractivity contribution in [3.8, 4) is 16.3 Å². The molecule has 0 unspecified atom stereocenters. The number of nitrogens with one attached hydrogen (secondary N) is 1. The predicted octanol–water partition coefficient (Wildman–Crippen LogP) is 6.76. The van der Waals surface area contributed by atoms with E-state index in [2.05, 4.69) is 5.32 Å². The van der Waals surface area contributed by atoms with Gasteiger partial charge in [0.25, 0.3) is 0 Å². The van der Waals surface area contributed by atoms with Gasteiger partial charge in [-0.2, -0.15) is 5.10 Å². The average molecular weight is 518 g/mol. The molecule has 0 aliphatic heterocycles. The Morgan fingerprint density at radius 1 is 1.11 bits per heavy atom. The molecule has 0 fully saturated rings. The smallest absolute Gasteiger partial charge is 0.341 e. The molecular formula is C28H27N3O3S2. The lowest BCUT2D eigenvalue weighted by Crippen LogP contribution is -2.13. The maximum absolute atomic E-state index is 13.0. The summed E-state index contributed by atoms with van der Waals surface area (Å²) in [6.45, 7) is 2.10. The van der Waals surface area contributed by atoms with Gasteiger partial charge in [0, 0.05) is 22.7 Å². The summed E-state index contributed by atoms with van der Waals surface area (Å²) in [5, 5.41) is 10.3. The van der Waals surface area contributed by atoms with Crippen molar-refractivity contribution in [3.63, 3.8) is 0 Å². The van der Waals surface area contributed by atoms with Crippen LogP contribution < -0.4 is 5.32 Å². The molecule has 184 valence electrons. The zero-order valence-electron chi connectivity index (χ0n) is 20.0. The first-order chi connectivity index (χ1) is 17.6. The summed E-state index contributed by atoms with van der Waals surface area (Å²) in [7, 11) is 0. The van der Waals surface area contributed by atoms with Crippen molar-refractivity contribution >= 4 is 45.6 Å². The van der Waals surface area contributed by atoms with E-state index in [1.54, 1.807) is 24.3 Å². The predicted molar refractivity (Wildman–Crippen MR) is 146 cm³/mol. The fourth-order valence-electron chi connectivity index (χ4n) is 4.40.